The molecule has 50 heavy (non-hydrogen) atoms. The van der Waals surface area contributed by atoms with Gasteiger partial charge in [0.2, 0.25) is 5.91 Å². The summed E-state index contributed by atoms with van der Waals surface area (Å²) in [4.78, 5) is 41.0. The maximum absolute atomic E-state index is 13.9. The number of hydrogen-bond acceptors (Lipinski definition) is 5. The minimum atomic E-state index is -1.14. The minimum Gasteiger partial charge on any atom is -0.481 e. The zero-order valence-corrected chi connectivity index (χ0v) is 33.1. The van der Waals surface area contributed by atoms with Gasteiger partial charge in [0.15, 0.2) is 0 Å². The van der Waals surface area contributed by atoms with Crippen LogP contribution in [0.25, 0.3) is 0 Å². The van der Waals surface area contributed by atoms with Crippen molar-refractivity contribution in [2.45, 2.75) is 157 Å². The van der Waals surface area contributed by atoms with Gasteiger partial charge in [-0.2, -0.15) is 0 Å². The molecule has 5 aliphatic carbocycles. The lowest BCUT2D eigenvalue weighted by atomic mass is 9.32. The fraction of sp³-hybridized carbons (Fsp3) is 0.884. The van der Waals surface area contributed by atoms with Crippen LogP contribution in [-0.2, 0) is 19.1 Å². The summed E-state index contributed by atoms with van der Waals surface area (Å²) in [6, 6.07) is 0.311. The van der Waals surface area contributed by atoms with Crippen molar-refractivity contribution in [2.75, 3.05) is 20.1 Å². The molecule has 6 fully saturated rings. The molecular weight excluding hydrogens is 624 g/mol. The molecule has 5 saturated carbocycles. The van der Waals surface area contributed by atoms with E-state index < -0.39 is 11.4 Å². The lowest BCUT2D eigenvalue weighted by Gasteiger charge is -2.73. The third kappa shape index (κ3) is 5.99. The van der Waals surface area contributed by atoms with Gasteiger partial charge in [0.1, 0.15) is 6.10 Å². The molecule has 1 aliphatic heterocycles. The van der Waals surface area contributed by atoms with Crippen molar-refractivity contribution >= 4 is 17.8 Å². The quantitative estimate of drug-likeness (QED) is 0.195. The van der Waals surface area contributed by atoms with E-state index in [-0.39, 0.29) is 51.5 Å². The second-order valence-corrected chi connectivity index (χ2v) is 20.6. The molecule has 1 heterocycles. The molecule has 7 heteroatoms. The molecule has 7 nitrogen and oxygen atoms in total. The number of fused-ring (bicyclic) bond motifs is 7. The van der Waals surface area contributed by atoms with E-state index in [4.69, 9.17) is 4.74 Å². The Kier molecular flexibility index (Phi) is 9.77. The molecule has 0 unspecified atom stereocenters. The van der Waals surface area contributed by atoms with Crippen molar-refractivity contribution < 1.29 is 24.2 Å². The Hall–Kier alpha value is -1.89. The zero-order chi connectivity index (χ0) is 36.7. The Bertz CT molecular complexity index is 1360. The van der Waals surface area contributed by atoms with Gasteiger partial charge in [0.25, 0.3) is 0 Å². The van der Waals surface area contributed by atoms with Crippen LogP contribution in [0.5, 0.6) is 0 Å². The number of carboxylic acid groups (broad SMARTS) is 1. The number of rotatable bonds is 8. The van der Waals surface area contributed by atoms with Crippen molar-refractivity contribution in [3.05, 3.63) is 12.2 Å². The van der Waals surface area contributed by atoms with Gasteiger partial charge in [-0.3, -0.25) is 14.4 Å². The number of aliphatic carboxylic acids is 1. The number of esters is 1. The number of ether oxygens (including phenoxy) is 1. The number of allylic oxidation sites excluding steroid dienone is 1. The third-order valence-corrected chi connectivity index (χ3v) is 17.2. The summed E-state index contributed by atoms with van der Waals surface area (Å²) in [5, 5.41) is 13.1. The Balaban J connectivity index is 1.22. The molecule has 2 N–H and O–H groups in total. The first kappa shape index (κ1) is 37.9. The maximum Gasteiger partial charge on any atom is 0.309 e. The third-order valence-electron chi connectivity index (χ3n) is 17.2. The summed E-state index contributed by atoms with van der Waals surface area (Å²) < 4.78 is 6.19. The minimum absolute atomic E-state index is 0.0762. The monoisotopic (exact) mass is 695 g/mol. The molecule has 1 saturated heterocycles. The molecular formula is C43H70N2O5. The highest BCUT2D eigenvalue weighted by molar-refractivity contribution is 5.81. The molecule has 0 spiro atoms. The number of carbonyl (C=O) groups is 3. The van der Waals surface area contributed by atoms with E-state index in [1.807, 2.05) is 0 Å². The van der Waals surface area contributed by atoms with Crippen LogP contribution in [0.15, 0.2) is 12.2 Å². The number of hydrogen-bond donors (Lipinski definition) is 2. The molecule has 0 aromatic carbocycles. The average Bonchev–Trinajstić information content (AvgIpc) is 3.39. The van der Waals surface area contributed by atoms with Crippen LogP contribution in [0.3, 0.4) is 0 Å². The first-order chi connectivity index (χ1) is 23.2. The number of carboxylic acids is 1. The highest BCUT2D eigenvalue weighted by Gasteiger charge is 2.71. The highest BCUT2D eigenvalue weighted by atomic mass is 16.5. The van der Waals surface area contributed by atoms with Crippen LogP contribution in [0.4, 0.5) is 0 Å². The predicted molar refractivity (Wildman–Crippen MR) is 198 cm³/mol. The van der Waals surface area contributed by atoms with E-state index in [1.54, 1.807) is 13.8 Å². The molecule has 0 bridgehead atoms. The molecule has 6 rings (SSSR count). The molecule has 0 aromatic heterocycles. The zero-order valence-electron chi connectivity index (χ0n) is 33.1. The lowest BCUT2D eigenvalue weighted by Crippen LogP contribution is -2.67. The van der Waals surface area contributed by atoms with E-state index in [9.17, 15) is 19.5 Å². The average molecular weight is 695 g/mol. The Labute approximate surface area is 303 Å². The van der Waals surface area contributed by atoms with Crippen LogP contribution < -0.4 is 5.32 Å². The smallest absolute Gasteiger partial charge is 0.309 e. The molecule has 282 valence electrons. The second kappa shape index (κ2) is 12.9. The Morgan fingerprint density at radius 3 is 2.18 bits per heavy atom. The maximum atomic E-state index is 13.9. The number of carbonyl (C=O) groups excluding carboxylic acids is 2. The van der Waals surface area contributed by atoms with Crippen molar-refractivity contribution in [2.24, 2.45) is 62.1 Å². The van der Waals surface area contributed by atoms with Crippen LogP contribution in [0.2, 0.25) is 0 Å². The first-order valence-corrected chi connectivity index (χ1v) is 20.3. The summed E-state index contributed by atoms with van der Waals surface area (Å²) in [6.07, 6.45) is 13.8. The molecule has 10 atom stereocenters. The molecule has 6 aliphatic rings. The first-order valence-electron chi connectivity index (χ1n) is 20.3. The number of nitrogens with one attached hydrogen (secondary N) is 1. The molecule has 0 aromatic rings. The van der Waals surface area contributed by atoms with Gasteiger partial charge >= 0.3 is 11.9 Å². The van der Waals surface area contributed by atoms with E-state index >= 15 is 0 Å². The van der Waals surface area contributed by atoms with Gasteiger partial charge in [0, 0.05) is 17.9 Å². The number of nitrogens with zero attached hydrogens (tertiary/aromatic N) is 1. The van der Waals surface area contributed by atoms with Crippen molar-refractivity contribution in [3.8, 4) is 0 Å². The highest BCUT2D eigenvalue weighted by Crippen LogP contribution is 2.78. The summed E-state index contributed by atoms with van der Waals surface area (Å²) in [5.41, 5.74) is 0.636. The topological polar surface area (TPSA) is 95.9 Å². The Morgan fingerprint density at radius 1 is 0.860 bits per heavy atom. The van der Waals surface area contributed by atoms with Crippen molar-refractivity contribution in [1.82, 2.24) is 10.2 Å². The SMILES string of the molecule is C=C(C)[C@@H]1CC[C@]2(CC(=O)NC3CCN(C)CC3)CC[C@]3(C)[C@H](CC[C@@H]4[C@@]5(C)CC[C@H](OC(=O)CC(C)(C)C(=O)O)C(C)(C)[C@@H]5CC[C@]43C)[C@@H]12. The molecule has 0 radical (unpaired) electrons. The number of piperidine rings is 1. The van der Waals surface area contributed by atoms with Gasteiger partial charge in [-0.05, 0) is 169 Å². The predicted octanol–water partition coefficient (Wildman–Crippen LogP) is 8.66. The lowest BCUT2D eigenvalue weighted by molar-refractivity contribution is -0.250. The standard InChI is InChI=1S/C43H70N2O5/c1-27(2)29-13-20-43(25-34(46)44-28-16-23-45(10)24-17-28)22-21-41(8)30(36(29)43)11-12-32-40(7)18-15-33(50-35(47)26-38(3,4)37(48)49)39(5,6)31(40)14-19-42(32,41)9/h28-33,36H,1,11-26H2,2-10H3,(H,44,46)(H,48,49)/t29-,30+,31-,32+,33-,36+,40-,41+,42+,43+/m0/s1. The summed E-state index contributed by atoms with van der Waals surface area (Å²) >= 11 is 0. The summed E-state index contributed by atoms with van der Waals surface area (Å²) in [6.45, 7) is 24.6. The number of amides is 1. The van der Waals surface area contributed by atoms with Gasteiger partial charge < -0.3 is 20.1 Å². The van der Waals surface area contributed by atoms with Crippen molar-refractivity contribution in [1.29, 1.82) is 0 Å². The largest absolute Gasteiger partial charge is 0.481 e. The number of likely N-dealkylation sites (tertiary alicyclic amines) is 1. The van der Waals surface area contributed by atoms with Gasteiger partial charge in [-0.25, -0.2) is 0 Å². The van der Waals surface area contributed by atoms with E-state index in [0.717, 1.165) is 58.0 Å². The fourth-order valence-corrected chi connectivity index (χ4v) is 14.2. The van der Waals surface area contributed by atoms with Crippen LogP contribution >= 0.6 is 0 Å². The summed E-state index contributed by atoms with van der Waals surface area (Å²) in [5.74, 6) is 1.58. The Morgan fingerprint density at radius 2 is 1.54 bits per heavy atom. The fourth-order valence-electron chi connectivity index (χ4n) is 14.2. The van der Waals surface area contributed by atoms with Gasteiger partial charge in [-0.15, -0.1) is 0 Å². The second-order valence-electron chi connectivity index (χ2n) is 20.6. The van der Waals surface area contributed by atoms with E-state index in [2.05, 4.69) is 65.4 Å². The normalized spacial score (nSPS) is 43.1. The van der Waals surface area contributed by atoms with E-state index in [1.165, 1.54) is 37.7 Å². The van der Waals surface area contributed by atoms with Crippen LogP contribution in [0.1, 0.15) is 145 Å². The van der Waals surface area contributed by atoms with Gasteiger partial charge in [-0.1, -0.05) is 46.8 Å². The van der Waals surface area contributed by atoms with Crippen molar-refractivity contribution in [3.63, 3.8) is 0 Å². The summed E-state index contributed by atoms with van der Waals surface area (Å²) in [7, 11) is 2.18. The van der Waals surface area contributed by atoms with Crippen LogP contribution in [0, 0.1) is 62.1 Å². The van der Waals surface area contributed by atoms with Crippen LogP contribution in [-0.4, -0.2) is 60.1 Å². The van der Waals surface area contributed by atoms with Gasteiger partial charge in [0.05, 0.1) is 11.8 Å². The van der Waals surface area contributed by atoms with E-state index in [0.29, 0.717) is 42.1 Å². The molecule has 1 amide bonds.